The van der Waals surface area contributed by atoms with Gasteiger partial charge in [0.2, 0.25) is 0 Å². The molecule has 104 valence electrons. The fourth-order valence-corrected chi connectivity index (χ4v) is 3.03. The van der Waals surface area contributed by atoms with Gasteiger partial charge >= 0.3 is 5.97 Å². The minimum absolute atomic E-state index is 0.282. The number of nitrogens with zero attached hydrogens (tertiary/aromatic N) is 2. The summed E-state index contributed by atoms with van der Waals surface area (Å²) in [5.74, 6) is 2.13. The van der Waals surface area contributed by atoms with E-state index < -0.39 is 5.97 Å². The summed E-state index contributed by atoms with van der Waals surface area (Å²) in [4.78, 5) is 17.7. The number of thioether (sulfide) groups is 1. The van der Waals surface area contributed by atoms with Gasteiger partial charge in [0.15, 0.2) is 0 Å². The zero-order valence-electron chi connectivity index (χ0n) is 11.1. The van der Waals surface area contributed by atoms with E-state index in [9.17, 15) is 4.79 Å². The van der Waals surface area contributed by atoms with E-state index in [-0.39, 0.29) is 5.56 Å². The maximum absolute atomic E-state index is 11.0. The Balaban J connectivity index is 1.86. The first-order chi connectivity index (χ1) is 9.15. The normalized spacial score (nSPS) is 16.3. The van der Waals surface area contributed by atoms with Crippen molar-refractivity contribution in [2.24, 2.45) is 0 Å². The number of aromatic nitrogens is 1. The first kappa shape index (κ1) is 14.1. The molecule has 0 atom stereocenters. The molecular weight excluding hydrogens is 262 g/mol. The van der Waals surface area contributed by atoms with Crippen LogP contribution in [0.5, 0.6) is 0 Å². The lowest BCUT2D eigenvalue weighted by Gasteiger charge is -2.26. The van der Waals surface area contributed by atoms with Crippen LogP contribution in [0.2, 0.25) is 0 Å². The summed E-state index contributed by atoms with van der Waals surface area (Å²) in [6.07, 6.45) is 0. The zero-order chi connectivity index (χ0) is 13.7. The minimum atomic E-state index is -0.915. The molecule has 1 aliphatic rings. The summed E-state index contributed by atoms with van der Waals surface area (Å²) in [5, 5.41) is 12.2. The second-order valence-corrected chi connectivity index (χ2v) is 5.79. The molecule has 19 heavy (non-hydrogen) atoms. The largest absolute Gasteiger partial charge is 0.478 e. The van der Waals surface area contributed by atoms with Gasteiger partial charge in [-0.15, -0.1) is 0 Å². The molecule has 2 heterocycles. The van der Waals surface area contributed by atoms with Crippen LogP contribution in [0.15, 0.2) is 12.1 Å². The van der Waals surface area contributed by atoms with E-state index in [0.717, 1.165) is 31.9 Å². The molecule has 1 saturated heterocycles. The van der Waals surface area contributed by atoms with Crippen molar-refractivity contribution in [2.45, 2.75) is 6.92 Å². The van der Waals surface area contributed by atoms with Gasteiger partial charge in [-0.3, -0.25) is 4.90 Å². The number of aryl methyl sites for hydroxylation is 1. The maximum Gasteiger partial charge on any atom is 0.335 e. The topological polar surface area (TPSA) is 65.5 Å². The Morgan fingerprint density at radius 2 is 2.21 bits per heavy atom. The fraction of sp³-hybridized carbons (Fsp3) is 0.538. The first-order valence-corrected chi connectivity index (χ1v) is 7.56. The van der Waals surface area contributed by atoms with Crippen LogP contribution in [0.25, 0.3) is 0 Å². The Hall–Kier alpha value is -1.27. The number of anilines is 1. The van der Waals surface area contributed by atoms with Gasteiger partial charge in [-0.1, -0.05) is 0 Å². The number of pyridine rings is 1. The van der Waals surface area contributed by atoms with Crippen LogP contribution in [0, 0.1) is 6.92 Å². The number of rotatable bonds is 5. The number of hydrogen-bond acceptors (Lipinski definition) is 5. The minimum Gasteiger partial charge on any atom is -0.478 e. The number of hydrogen-bond donors (Lipinski definition) is 2. The molecular formula is C13H19N3O2S. The molecule has 0 saturated carbocycles. The van der Waals surface area contributed by atoms with Gasteiger partial charge in [0, 0.05) is 43.4 Å². The molecule has 1 fully saturated rings. The van der Waals surface area contributed by atoms with Crippen LogP contribution in [-0.2, 0) is 0 Å². The van der Waals surface area contributed by atoms with E-state index in [1.165, 1.54) is 11.5 Å². The van der Waals surface area contributed by atoms with Crippen molar-refractivity contribution in [2.75, 3.05) is 43.0 Å². The Morgan fingerprint density at radius 3 is 2.89 bits per heavy atom. The summed E-state index contributed by atoms with van der Waals surface area (Å²) < 4.78 is 0. The standard InChI is InChI=1S/C13H19N3O2S/c1-10-8-11(13(17)18)9-12(15-10)14-2-3-16-4-6-19-7-5-16/h8-9H,2-7H2,1H3,(H,14,15)(H,17,18). The third-order valence-corrected chi connectivity index (χ3v) is 3.98. The summed E-state index contributed by atoms with van der Waals surface area (Å²) in [7, 11) is 0. The second kappa shape index (κ2) is 6.77. The van der Waals surface area contributed by atoms with Crippen LogP contribution in [0.1, 0.15) is 16.1 Å². The molecule has 0 bridgehead atoms. The monoisotopic (exact) mass is 281 g/mol. The van der Waals surface area contributed by atoms with Crippen LogP contribution in [-0.4, -0.2) is 58.6 Å². The molecule has 2 rings (SSSR count). The van der Waals surface area contributed by atoms with Gasteiger partial charge in [-0.25, -0.2) is 9.78 Å². The fourth-order valence-electron chi connectivity index (χ4n) is 2.05. The molecule has 0 spiro atoms. The predicted molar refractivity (Wildman–Crippen MR) is 78.2 cm³/mol. The average Bonchev–Trinajstić information content (AvgIpc) is 2.39. The smallest absolute Gasteiger partial charge is 0.335 e. The van der Waals surface area contributed by atoms with Gasteiger partial charge in [0.05, 0.1) is 5.56 Å². The van der Waals surface area contributed by atoms with Gasteiger partial charge in [0.1, 0.15) is 5.82 Å². The Morgan fingerprint density at radius 1 is 1.47 bits per heavy atom. The molecule has 0 aliphatic carbocycles. The number of carboxylic acids is 1. The quantitative estimate of drug-likeness (QED) is 0.853. The number of carboxylic acid groups (broad SMARTS) is 1. The van der Waals surface area contributed by atoms with Crippen LogP contribution < -0.4 is 5.32 Å². The van der Waals surface area contributed by atoms with Crippen molar-refractivity contribution in [3.63, 3.8) is 0 Å². The summed E-state index contributed by atoms with van der Waals surface area (Å²) in [6.45, 7) is 5.83. The Labute approximate surface area is 117 Å². The van der Waals surface area contributed by atoms with Gasteiger partial charge in [-0.2, -0.15) is 11.8 Å². The van der Waals surface area contributed by atoms with Crippen molar-refractivity contribution in [1.82, 2.24) is 9.88 Å². The van der Waals surface area contributed by atoms with E-state index in [1.807, 2.05) is 11.8 Å². The molecule has 1 aromatic heterocycles. The van der Waals surface area contributed by atoms with Crippen molar-refractivity contribution in [3.8, 4) is 0 Å². The predicted octanol–water partition coefficient (Wildman–Crippen LogP) is 1.55. The highest BCUT2D eigenvalue weighted by Crippen LogP contribution is 2.11. The molecule has 1 aromatic rings. The summed E-state index contributed by atoms with van der Waals surface area (Å²) in [6, 6.07) is 3.16. The highest BCUT2D eigenvalue weighted by molar-refractivity contribution is 7.99. The molecule has 2 N–H and O–H groups in total. The Bertz CT molecular complexity index is 448. The van der Waals surface area contributed by atoms with Crippen molar-refractivity contribution < 1.29 is 9.90 Å². The summed E-state index contributed by atoms with van der Waals surface area (Å²) >= 11 is 2.00. The van der Waals surface area contributed by atoms with Gasteiger partial charge in [-0.05, 0) is 19.1 Å². The van der Waals surface area contributed by atoms with Crippen molar-refractivity contribution in [1.29, 1.82) is 0 Å². The zero-order valence-corrected chi connectivity index (χ0v) is 11.9. The maximum atomic E-state index is 11.0. The SMILES string of the molecule is Cc1cc(C(=O)O)cc(NCCN2CCSCC2)n1. The van der Waals surface area contributed by atoms with Crippen molar-refractivity contribution in [3.05, 3.63) is 23.4 Å². The third kappa shape index (κ3) is 4.40. The molecule has 0 amide bonds. The molecule has 1 aliphatic heterocycles. The molecule has 0 radical (unpaired) electrons. The number of carbonyl (C=O) groups is 1. The second-order valence-electron chi connectivity index (χ2n) is 4.57. The van der Waals surface area contributed by atoms with E-state index in [0.29, 0.717) is 5.82 Å². The lowest BCUT2D eigenvalue weighted by atomic mass is 10.2. The van der Waals surface area contributed by atoms with Gasteiger partial charge < -0.3 is 10.4 Å². The lowest BCUT2D eigenvalue weighted by Crippen LogP contribution is -2.36. The van der Waals surface area contributed by atoms with Crippen LogP contribution >= 0.6 is 11.8 Å². The Kier molecular flexibility index (Phi) is 5.04. The highest BCUT2D eigenvalue weighted by Gasteiger charge is 2.10. The van der Waals surface area contributed by atoms with Crippen LogP contribution in [0.4, 0.5) is 5.82 Å². The van der Waals surface area contributed by atoms with E-state index in [4.69, 9.17) is 5.11 Å². The average molecular weight is 281 g/mol. The molecule has 0 aromatic carbocycles. The molecule has 6 heteroatoms. The van der Waals surface area contributed by atoms with Gasteiger partial charge in [0.25, 0.3) is 0 Å². The third-order valence-electron chi connectivity index (χ3n) is 3.04. The van der Waals surface area contributed by atoms with Crippen molar-refractivity contribution >= 4 is 23.5 Å². The lowest BCUT2D eigenvalue weighted by molar-refractivity contribution is 0.0696. The number of nitrogens with one attached hydrogen (secondary N) is 1. The van der Waals surface area contributed by atoms with E-state index in [1.54, 1.807) is 19.1 Å². The molecule has 5 nitrogen and oxygen atoms in total. The van der Waals surface area contributed by atoms with E-state index in [2.05, 4.69) is 15.2 Å². The first-order valence-electron chi connectivity index (χ1n) is 6.41. The van der Waals surface area contributed by atoms with Crippen LogP contribution in [0.3, 0.4) is 0 Å². The summed E-state index contributed by atoms with van der Waals surface area (Å²) in [5.41, 5.74) is 1.00. The molecule has 0 unspecified atom stereocenters. The highest BCUT2D eigenvalue weighted by atomic mass is 32.2. The number of aromatic carboxylic acids is 1. The van der Waals surface area contributed by atoms with E-state index >= 15 is 0 Å².